The number of carbonyl (C=O) groups is 1. The van der Waals surface area contributed by atoms with Crippen LogP contribution >= 0.6 is 0 Å². The maximum absolute atomic E-state index is 10.1. The van der Waals surface area contributed by atoms with Gasteiger partial charge in [0.1, 0.15) is 0 Å². The van der Waals surface area contributed by atoms with Crippen LogP contribution in [0, 0.1) is 0 Å². The SMILES string of the molecule is C=C(CCNCO)C(=O)O. The number of hydrogen-bond donors (Lipinski definition) is 3. The molecule has 0 heterocycles. The van der Waals surface area contributed by atoms with Crippen LogP contribution in [0.2, 0.25) is 0 Å². The molecule has 0 saturated carbocycles. The smallest absolute Gasteiger partial charge is 0.331 e. The zero-order valence-corrected chi connectivity index (χ0v) is 5.63. The van der Waals surface area contributed by atoms with Crippen LogP contribution in [-0.2, 0) is 4.79 Å². The number of hydrogen-bond acceptors (Lipinski definition) is 3. The molecule has 0 aliphatic heterocycles. The molecule has 0 saturated heterocycles. The van der Waals surface area contributed by atoms with Crippen LogP contribution in [0.4, 0.5) is 0 Å². The summed E-state index contributed by atoms with van der Waals surface area (Å²) >= 11 is 0. The van der Waals surface area contributed by atoms with Crippen LogP contribution < -0.4 is 5.32 Å². The average Bonchev–Trinajstić information content (AvgIpc) is 1.88. The summed E-state index contributed by atoms with van der Waals surface area (Å²) in [6.45, 7) is 3.62. The van der Waals surface area contributed by atoms with Crippen LogP contribution in [0.3, 0.4) is 0 Å². The van der Waals surface area contributed by atoms with E-state index in [2.05, 4.69) is 11.9 Å². The Bertz CT molecular complexity index is 133. The third kappa shape index (κ3) is 4.05. The largest absolute Gasteiger partial charge is 0.478 e. The Balaban J connectivity index is 3.31. The molecule has 0 aromatic rings. The second kappa shape index (κ2) is 4.96. The fraction of sp³-hybridized carbons (Fsp3) is 0.500. The standard InChI is InChI=1S/C6H11NO3/c1-5(6(9)10)2-3-7-4-8/h7-8H,1-4H2,(H,9,10). The Labute approximate surface area is 59.2 Å². The molecule has 0 atom stereocenters. The molecule has 3 N–H and O–H groups in total. The maximum atomic E-state index is 10.1. The molecule has 4 heteroatoms. The van der Waals surface area contributed by atoms with Crippen LogP contribution in [0.15, 0.2) is 12.2 Å². The minimum absolute atomic E-state index is 0.132. The molecule has 0 bridgehead atoms. The molecule has 0 amide bonds. The van der Waals surface area contributed by atoms with Gasteiger partial charge in [0.25, 0.3) is 0 Å². The molecule has 4 nitrogen and oxygen atoms in total. The van der Waals surface area contributed by atoms with Crippen molar-refractivity contribution in [1.82, 2.24) is 5.32 Å². The number of aliphatic carboxylic acids is 1. The van der Waals surface area contributed by atoms with Gasteiger partial charge in [-0.1, -0.05) is 6.58 Å². The van der Waals surface area contributed by atoms with Gasteiger partial charge in [0.2, 0.25) is 0 Å². The topological polar surface area (TPSA) is 69.6 Å². The van der Waals surface area contributed by atoms with E-state index in [1.165, 1.54) is 0 Å². The van der Waals surface area contributed by atoms with Crippen molar-refractivity contribution in [2.75, 3.05) is 13.3 Å². The first-order valence-electron chi connectivity index (χ1n) is 2.91. The van der Waals surface area contributed by atoms with Gasteiger partial charge in [-0.25, -0.2) is 4.79 Å². The molecular weight excluding hydrogens is 134 g/mol. The van der Waals surface area contributed by atoms with E-state index < -0.39 is 5.97 Å². The van der Waals surface area contributed by atoms with Gasteiger partial charge in [-0.15, -0.1) is 0 Å². The summed E-state index contributed by atoms with van der Waals surface area (Å²) in [4.78, 5) is 10.1. The van der Waals surface area contributed by atoms with Gasteiger partial charge in [-0.2, -0.15) is 0 Å². The van der Waals surface area contributed by atoms with E-state index in [0.717, 1.165) is 0 Å². The second-order valence-electron chi connectivity index (χ2n) is 1.82. The lowest BCUT2D eigenvalue weighted by atomic mass is 10.2. The average molecular weight is 145 g/mol. The summed E-state index contributed by atoms with van der Waals surface area (Å²) in [5.74, 6) is -0.986. The Morgan fingerprint density at radius 3 is 2.60 bits per heavy atom. The third-order valence-electron chi connectivity index (χ3n) is 1.02. The van der Waals surface area contributed by atoms with E-state index in [0.29, 0.717) is 13.0 Å². The van der Waals surface area contributed by atoms with Crippen molar-refractivity contribution in [1.29, 1.82) is 0 Å². The van der Waals surface area contributed by atoms with Gasteiger partial charge in [-0.3, -0.25) is 5.32 Å². The number of carboxylic acid groups (broad SMARTS) is 1. The minimum atomic E-state index is -0.986. The van der Waals surface area contributed by atoms with Gasteiger partial charge in [-0.05, 0) is 6.42 Å². The van der Waals surface area contributed by atoms with Gasteiger partial charge >= 0.3 is 5.97 Å². The molecule has 0 aliphatic carbocycles. The Morgan fingerprint density at radius 1 is 1.60 bits per heavy atom. The predicted octanol–water partition coefficient (Wildman–Crippen LogP) is -0.443. The zero-order valence-electron chi connectivity index (χ0n) is 5.63. The highest BCUT2D eigenvalue weighted by atomic mass is 16.4. The lowest BCUT2D eigenvalue weighted by Gasteiger charge is -1.99. The van der Waals surface area contributed by atoms with Crippen LogP contribution in [0.5, 0.6) is 0 Å². The molecule has 0 aliphatic rings. The van der Waals surface area contributed by atoms with E-state index >= 15 is 0 Å². The number of carboxylic acids is 1. The monoisotopic (exact) mass is 145 g/mol. The molecule has 0 aromatic heterocycles. The first-order valence-corrected chi connectivity index (χ1v) is 2.91. The van der Waals surface area contributed by atoms with E-state index in [-0.39, 0.29) is 12.3 Å². The predicted molar refractivity (Wildman–Crippen MR) is 36.5 cm³/mol. The lowest BCUT2D eigenvalue weighted by molar-refractivity contribution is -0.132. The summed E-state index contributed by atoms with van der Waals surface area (Å²) in [7, 11) is 0. The Hall–Kier alpha value is -0.870. The fourth-order valence-electron chi connectivity index (χ4n) is 0.425. The highest BCUT2D eigenvalue weighted by molar-refractivity contribution is 5.85. The zero-order chi connectivity index (χ0) is 7.98. The van der Waals surface area contributed by atoms with Crippen LogP contribution in [0.25, 0.3) is 0 Å². The number of aliphatic hydroxyl groups is 1. The van der Waals surface area contributed by atoms with E-state index in [4.69, 9.17) is 10.2 Å². The van der Waals surface area contributed by atoms with Gasteiger partial charge in [0, 0.05) is 12.1 Å². The van der Waals surface area contributed by atoms with E-state index in [9.17, 15) is 4.79 Å². The van der Waals surface area contributed by atoms with Crippen molar-refractivity contribution in [2.24, 2.45) is 0 Å². The van der Waals surface area contributed by atoms with Crippen molar-refractivity contribution in [3.63, 3.8) is 0 Å². The molecule has 10 heavy (non-hydrogen) atoms. The van der Waals surface area contributed by atoms with Gasteiger partial charge < -0.3 is 10.2 Å². The van der Waals surface area contributed by atoms with Gasteiger partial charge in [0.15, 0.2) is 0 Å². The molecule has 0 rings (SSSR count). The van der Waals surface area contributed by atoms with E-state index in [1.807, 2.05) is 0 Å². The fourth-order valence-corrected chi connectivity index (χ4v) is 0.425. The van der Waals surface area contributed by atoms with Crippen molar-refractivity contribution >= 4 is 5.97 Å². The maximum Gasteiger partial charge on any atom is 0.331 e. The van der Waals surface area contributed by atoms with Crippen LogP contribution in [0.1, 0.15) is 6.42 Å². The summed E-state index contributed by atoms with van der Waals surface area (Å²) in [5.41, 5.74) is 0.154. The summed E-state index contributed by atoms with van der Waals surface area (Å²) in [6.07, 6.45) is 0.357. The van der Waals surface area contributed by atoms with Crippen molar-refractivity contribution in [3.8, 4) is 0 Å². The normalized spacial score (nSPS) is 9.30. The second-order valence-corrected chi connectivity index (χ2v) is 1.82. The molecule has 58 valence electrons. The lowest BCUT2D eigenvalue weighted by Crippen LogP contribution is -2.17. The summed E-state index contributed by atoms with van der Waals surface area (Å²) in [6, 6.07) is 0. The summed E-state index contributed by atoms with van der Waals surface area (Å²) < 4.78 is 0. The number of aliphatic hydroxyl groups excluding tert-OH is 1. The van der Waals surface area contributed by atoms with Crippen molar-refractivity contribution in [3.05, 3.63) is 12.2 Å². The third-order valence-corrected chi connectivity index (χ3v) is 1.02. The summed E-state index contributed by atoms with van der Waals surface area (Å²) in [5, 5.41) is 19.1. The van der Waals surface area contributed by atoms with Crippen molar-refractivity contribution in [2.45, 2.75) is 6.42 Å². The minimum Gasteiger partial charge on any atom is -0.478 e. The number of nitrogens with one attached hydrogen (secondary N) is 1. The highest BCUT2D eigenvalue weighted by Crippen LogP contribution is 1.94. The first-order chi connectivity index (χ1) is 4.68. The molecule has 0 spiro atoms. The molecule has 0 fully saturated rings. The number of rotatable bonds is 5. The highest BCUT2D eigenvalue weighted by Gasteiger charge is 2.01. The molecule has 0 radical (unpaired) electrons. The first kappa shape index (κ1) is 9.13. The molecular formula is C6H11NO3. The van der Waals surface area contributed by atoms with E-state index in [1.54, 1.807) is 0 Å². The Kier molecular flexibility index (Phi) is 4.53. The molecule has 0 unspecified atom stereocenters. The van der Waals surface area contributed by atoms with Crippen LogP contribution in [-0.4, -0.2) is 29.5 Å². The quantitative estimate of drug-likeness (QED) is 0.278. The van der Waals surface area contributed by atoms with Gasteiger partial charge in [0.05, 0.1) is 6.73 Å². The molecule has 0 aromatic carbocycles. The Morgan fingerprint density at radius 2 is 2.20 bits per heavy atom. The van der Waals surface area contributed by atoms with Crippen molar-refractivity contribution < 1.29 is 15.0 Å².